The Kier molecular flexibility index (Phi) is 8.48. The minimum absolute atomic E-state index is 0.177. The van der Waals surface area contributed by atoms with Crippen molar-refractivity contribution in [2.45, 2.75) is 95.9 Å². The highest BCUT2D eigenvalue weighted by atomic mass is 16.6. The van der Waals surface area contributed by atoms with Crippen molar-refractivity contribution in [3.05, 3.63) is 24.3 Å². The lowest BCUT2D eigenvalue weighted by Gasteiger charge is -2.40. The van der Waals surface area contributed by atoms with Crippen LogP contribution in [0.4, 0.5) is 0 Å². The van der Waals surface area contributed by atoms with Crippen LogP contribution in [0, 0.1) is 17.8 Å². The summed E-state index contributed by atoms with van der Waals surface area (Å²) < 4.78 is 12.5. The lowest BCUT2D eigenvalue weighted by Crippen LogP contribution is -2.59. The molecule has 0 aliphatic carbocycles. The van der Waals surface area contributed by atoms with E-state index in [2.05, 4.69) is 6.92 Å². The molecule has 2 saturated heterocycles. The number of rotatable bonds is 8. The van der Waals surface area contributed by atoms with Crippen LogP contribution in [0.3, 0.4) is 0 Å². The van der Waals surface area contributed by atoms with Gasteiger partial charge in [0.1, 0.15) is 17.6 Å². The summed E-state index contributed by atoms with van der Waals surface area (Å²) in [5.41, 5.74) is -2.40. The van der Waals surface area contributed by atoms with Gasteiger partial charge in [-0.25, -0.2) is 0 Å². The van der Waals surface area contributed by atoms with Gasteiger partial charge in [0.2, 0.25) is 11.8 Å². The Morgan fingerprint density at radius 3 is 2.57 bits per heavy atom. The minimum atomic E-state index is -1.31. The summed E-state index contributed by atoms with van der Waals surface area (Å²) in [6.45, 7) is 9.07. The van der Waals surface area contributed by atoms with E-state index in [4.69, 9.17) is 9.47 Å². The molecule has 0 aromatic carbocycles. The number of aliphatic hydroxyl groups excluding tert-OH is 1. The Bertz CT molecular complexity index is 931. The number of allylic oxidation sites excluding steroid dienone is 1. The number of aliphatic hydroxyl groups is 1. The van der Waals surface area contributed by atoms with Crippen LogP contribution in [-0.2, 0) is 23.9 Å². The lowest BCUT2D eigenvalue weighted by molar-refractivity contribution is -0.162. The Morgan fingerprint density at radius 2 is 1.86 bits per heavy atom. The summed E-state index contributed by atoms with van der Waals surface area (Å²) >= 11 is 0. The van der Waals surface area contributed by atoms with E-state index in [0.717, 1.165) is 38.5 Å². The van der Waals surface area contributed by atoms with E-state index in [1.165, 1.54) is 0 Å². The van der Waals surface area contributed by atoms with Gasteiger partial charge in [0.15, 0.2) is 0 Å². The molecule has 1 spiro atoms. The van der Waals surface area contributed by atoms with Crippen molar-refractivity contribution in [2.24, 2.45) is 17.8 Å². The molecule has 206 valence electrons. The third kappa shape index (κ3) is 4.99. The standard InChI is InChI=1S/C29H44N2O6/c1-5-6-10-15-30-16-12-14-29-22(23-27(35)36-17-11-8-7-9-13-28(23,4)37-29)25(33)31(24(29)26(30)34)21(19-32)18-20(2)3/h9,12-14,20-24,32H,5-8,10-11,15-19H2,1-4H3/b13-9-/t21-,22+,23-,24?,28+,29+/m1/s1. The molecule has 8 nitrogen and oxygen atoms in total. The Labute approximate surface area is 221 Å². The average molecular weight is 517 g/mol. The number of hydrogen-bond donors (Lipinski definition) is 1. The minimum Gasteiger partial charge on any atom is -0.465 e. The van der Waals surface area contributed by atoms with Crippen molar-refractivity contribution in [2.75, 3.05) is 26.3 Å². The highest BCUT2D eigenvalue weighted by Crippen LogP contribution is 2.57. The quantitative estimate of drug-likeness (QED) is 0.302. The van der Waals surface area contributed by atoms with Crippen LogP contribution in [0.25, 0.3) is 0 Å². The van der Waals surface area contributed by atoms with Gasteiger partial charge in [-0.3, -0.25) is 14.4 Å². The van der Waals surface area contributed by atoms with Crippen molar-refractivity contribution in [1.82, 2.24) is 9.80 Å². The molecule has 0 aromatic heterocycles. The third-order valence-corrected chi connectivity index (χ3v) is 8.40. The summed E-state index contributed by atoms with van der Waals surface area (Å²) in [7, 11) is 0. The van der Waals surface area contributed by atoms with Gasteiger partial charge in [-0.15, -0.1) is 0 Å². The molecule has 8 heteroatoms. The molecule has 0 aromatic rings. The van der Waals surface area contributed by atoms with E-state index in [9.17, 15) is 19.5 Å². The maximum absolute atomic E-state index is 14.3. The Morgan fingerprint density at radius 1 is 1.08 bits per heavy atom. The third-order valence-electron chi connectivity index (χ3n) is 8.40. The number of carbonyl (C=O) groups excluding carboxylic acids is 3. The number of ether oxygens (including phenoxy) is 2. The van der Waals surface area contributed by atoms with E-state index in [0.29, 0.717) is 26.1 Å². The molecule has 1 unspecified atom stereocenters. The van der Waals surface area contributed by atoms with E-state index in [1.54, 1.807) is 9.80 Å². The first-order valence-corrected chi connectivity index (χ1v) is 14.1. The number of unbranched alkanes of at least 4 members (excludes halogenated alkanes) is 2. The van der Waals surface area contributed by atoms with Gasteiger partial charge in [0.05, 0.1) is 30.8 Å². The largest absolute Gasteiger partial charge is 0.465 e. The number of esters is 1. The van der Waals surface area contributed by atoms with Crippen molar-refractivity contribution in [3.63, 3.8) is 0 Å². The molecule has 1 N–H and O–H groups in total. The van der Waals surface area contributed by atoms with Crippen molar-refractivity contribution in [3.8, 4) is 0 Å². The zero-order valence-electron chi connectivity index (χ0n) is 22.9. The SMILES string of the molecule is CCCCCN1CC=C[C@]23O[C@@]4(C)/C=C\CCCCOC(=O)[C@H]4[C@H]2C(=O)N([C@@H](CO)CC(C)C)C3C1=O. The summed E-state index contributed by atoms with van der Waals surface area (Å²) in [5.74, 6) is -2.54. The molecular weight excluding hydrogens is 472 g/mol. The highest BCUT2D eigenvalue weighted by Gasteiger charge is 2.75. The van der Waals surface area contributed by atoms with Crippen LogP contribution < -0.4 is 0 Å². The van der Waals surface area contributed by atoms with Gasteiger partial charge >= 0.3 is 5.97 Å². The first-order valence-electron chi connectivity index (χ1n) is 14.1. The molecule has 4 aliphatic heterocycles. The number of fused-ring (bicyclic) bond motifs is 2. The predicted molar refractivity (Wildman–Crippen MR) is 139 cm³/mol. The second-order valence-corrected chi connectivity index (χ2v) is 11.7. The molecule has 4 rings (SSSR count). The van der Waals surface area contributed by atoms with Crippen molar-refractivity contribution >= 4 is 17.8 Å². The molecular formula is C29H44N2O6. The maximum Gasteiger partial charge on any atom is 0.313 e. The highest BCUT2D eigenvalue weighted by molar-refractivity contribution is 5.99. The van der Waals surface area contributed by atoms with Gasteiger partial charge in [-0.2, -0.15) is 0 Å². The number of carbonyl (C=O) groups is 3. The van der Waals surface area contributed by atoms with Gasteiger partial charge < -0.3 is 24.4 Å². The fourth-order valence-electron chi connectivity index (χ4n) is 6.75. The zero-order chi connectivity index (χ0) is 26.8. The van der Waals surface area contributed by atoms with Crippen molar-refractivity contribution in [1.29, 1.82) is 0 Å². The molecule has 0 bridgehead atoms. The molecule has 2 fully saturated rings. The Hall–Kier alpha value is -2.19. The average Bonchev–Trinajstić information content (AvgIpc) is 3.19. The fraction of sp³-hybridized carbons (Fsp3) is 0.759. The molecule has 37 heavy (non-hydrogen) atoms. The molecule has 6 atom stereocenters. The van der Waals surface area contributed by atoms with Crippen LogP contribution in [0.15, 0.2) is 24.3 Å². The number of likely N-dealkylation sites (tertiary alicyclic amines) is 1. The van der Waals surface area contributed by atoms with E-state index in [1.807, 2.05) is 45.1 Å². The van der Waals surface area contributed by atoms with Crippen LogP contribution in [0.2, 0.25) is 0 Å². The van der Waals surface area contributed by atoms with E-state index in [-0.39, 0.29) is 24.3 Å². The van der Waals surface area contributed by atoms with Crippen LogP contribution in [0.5, 0.6) is 0 Å². The van der Waals surface area contributed by atoms with Gasteiger partial charge in [-0.05, 0) is 44.9 Å². The maximum atomic E-state index is 14.3. The second kappa shape index (κ2) is 11.3. The summed E-state index contributed by atoms with van der Waals surface area (Å²) in [6, 6.07) is -1.49. The summed E-state index contributed by atoms with van der Waals surface area (Å²) in [4.78, 5) is 45.5. The molecule has 2 amide bonds. The number of cyclic esters (lactones) is 1. The zero-order valence-corrected chi connectivity index (χ0v) is 22.9. The van der Waals surface area contributed by atoms with Crippen LogP contribution >= 0.6 is 0 Å². The predicted octanol–water partition coefficient (Wildman–Crippen LogP) is 3.24. The monoisotopic (exact) mass is 516 g/mol. The first-order chi connectivity index (χ1) is 17.7. The van der Waals surface area contributed by atoms with E-state index < -0.39 is 41.1 Å². The lowest BCUT2D eigenvalue weighted by atomic mass is 9.74. The number of nitrogens with zero attached hydrogens (tertiary/aromatic N) is 2. The smallest absolute Gasteiger partial charge is 0.313 e. The summed E-state index contributed by atoms with van der Waals surface area (Å²) in [5, 5.41) is 10.4. The second-order valence-electron chi connectivity index (χ2n) is 11.7. The van der Waals surface area contributed by atoms with Crippen molar-refractivity contribution < 1.29 is 29.0 Å². The molecule has 4 aliphatic rings. The normalized spacial score (nSPS) is 35.6. The summed E-state index contributed by atoms with van der Waals surface area (Å²) in [6.07, 6.45) is 13.6. The first kappa shape index (κ1) is 27.8. The molecule has 0 radical (unpaired) electrons. The van der Waals surface area contributed by atoms with Gasteiger partial charge in [0, 0.05) is 13.1 Å². The number of amides is 2. The number of hydrogen-bond acceptors (Lipinski definition) is 6. The molecule has 0 saturated carbocycles. The fourth-order valence-corrected chi connectivity index (χ4v) is 6.75. The molecule has 4 heterocycles. The van der Waals surface area contributed by atoms with Gasteiger partial charge in [-0.1, -0.05) is 57.9 Å². The van der Waals surface area contributed by atoms with Gasteiger partial charge in [0.25, 0.3) is 0 Å². The topological polar surface area (TPSA) is 96.4 Å². The van der Waals surface area contributed by atoms with E-state index >= 15 is 0 Å². The van der Waals surface area contributed by atoms with Crippen LogP contribution in [-0.4, -0.2) is 82.3 Å². The Balaban J connectivity index is 1.83. The van der Waals surface area contributed by atoms with Crippen LogP contribution in [0.1, 0.15) is 72.6 Å².